The van der Waals surface area contributed by atoms with Gasteiger partial charge in [0.1, 0.15) is 6.04 Å². The Morgan fingerprint density at radius 2 is 1.64 bits per heavy atom. The van der Waals surface area contributed by atoms with E-state index in [1.807, 2.05) is 44.2 Å². The molecule has 1 saturated carbocycles. The van der Waals surface area contributed by atoms with Crippen LogP contribution in [0.5, 0.6) is 0 Å². The summed E-state index contributed by atoms with van der Waals surface area (Å²) in [5.41, 5.74) is 1.40. The van der Waals surface area contributed by atoms with Crippen LogP contribution >= 0.6 is 0 Å². The lowest BCUT2D eigenvalue weighted by atomic mass is 9.83. The third kappa shape index (κ3) is 14.8. The number of hydrogen-bond acceptors (Lipinski definition) is 7. The number of nitrogens with one attached hydrogen (secondary N) is 2. The summed E-state index contributed by atoms with van der Waals surface area (Å²) in [5, 5.41) is 14.6. The van der Waals surface area contributed by atoms with E-state index in [1.54, 1.807) is 32.2 Å². The van der Waals surface area contributed by atoms with E-state index in [2.05, 4.69) is 29.1 Å². The molecule has 12 nitrogen and oxygen atoms in total. The van der Waals surface area contributed by atoms with Crippen molar-refractivity contribution in [2.75, 3.05) is 27.7 Å². The molecule has 1 fully saturated rings. The Balaban J connectivity index is 1.79. The van der Waals surface area contributed by atoms with E-state index in [1.165, 1.54) is 22.5 Å². The van der Waals surface area contributed by atoms with E-state index >= 15 is 0 Å². The number of H-pyrrole nitrogens is 1. The van der Waals surface area contributed by atoms with Crippen molar-refractivity contribution in [3.8, 4) is 0 Å². The standard InChI is InChI=1S/C41H66N6O6/c1-29(2)21-22-36(48)34(24-31-16-10-8-11-17-31)44-39(50)35(26-33-27-42-28-43-33)47(7)40(51)37(25-32-18-12-9-13-19-32)53-41(52)45(5)23-15-14-20-38(49)46(6)30(3)4/h9,12-13,18-19,27-31,34-37,48H,8,10-11,14-17,20-26H2,1-7H3,(H,42,43)(H,44,50)/t34-,35-,36-,37-/m0/s1. The zero-order valence-corrected chi connectivity index (χ0v) is 33.3. The van der Waals surface area contributed by atoms with Crippen LogP contribution in [-0.2, 0) is 32.0 Å². The minimum atomic E-state index is -1.21. The average molecular weight is 739 g/mol. The van der Waals surface area contributed by atoms with Crippen molar-refractivity contribution in [2.24, 2.45) is 11.8 Å². The van der Waals surface area contributed by atoms with E-state index < -0.39 is 36.3 Å². The van der Waals surface area contributed by atoms with Gasteiger partial charge in [-0.3, -0.25) is 14.4 Å². The van der Waals surface area contributed by atoms with Gasteiger partial charge in [-0.15, -0.1) is 0 Å². The van der Waals surface area contributed by atoms with Gasteiger partial charge in [-0.05, 0) is 63.4 Å². The number of benzene rings is 1. The number of rotatable bonds is 21. The van der Waals surface area contributed by atoms with E-state index in [9.17, 15) is 24.3 Å². The molecule has 0 bridgehead atoms. The molecule has 0 radical (unpaired) electrons. The van der Waals surface area contributed by atoms with Gasteiger partial charge in [0.2, 0.25) is 11.8 Å². The number of carbonyl (C=O) groups is 4. The number of likely N-dealkylation sites (N-methyl/N-ethyl adjacent to an activating group) is 1. The van der Waals surface area contributed by atoms with Crippen LogP contribution in [0.4, 0.5) is 4.79 Å². The maximum Gasteiger partial charge on any atom is 0.410 e. The molecule has 2 aromatic rings. The summed E-state index contributed by atoms with van der Waals surface area (Å²) in [6.45, 7) is 8.52. The molecule has 12 heteroatoms. The summed E-state index contributed by atoms with van der Waals surface area (Å²) in [5.74, 6) is -0.0114. The number of ether oxygens (including phenoxy) is 1. The van der Waals surface area contributed by atoms with Crippen LogP contribution in [0.25, 0.3) is 0 Å². The summed E-state index contributed by atoms with van der Waals surface area (Å²) in [7, 11) is 4.96. The minimum absolute atomic E-state index is 0.0561. The lowest BCUT2D eigenvalue weighted by Crippen LogP contribution is -2.56. The summed E-state index contributed by atoms with van der Waals surface area (Å²) in [4.78, 5) is 66.2. The van der Waals surface area contributed by atoms with Gasteiger partial charge in [0.05, 0.1) is 24.2 Å². The molecule has 1 heterocycles. The van der Waals surface area contributed by atoms with Gasteiger partial charge in [-0.2, -0.15) is 0 Å². The Labute approximate surface area is 317 Å². The number of aromatic amines is 1. The number of aliphatic hydroxyl groups is 1. The van der Waals surface area contributed by atoms with Crippen LogP contribution in [0.2, 0.25) is 0 Å². The highest BCUT2D eigenvalue weighted by atomic mass is 16.6. The third-order valence-corrected chi connectivity index (χ3v) is 10.6. The topological polar surface area (TPSA) is 148 Å². The highest BCUT2D eigenvalue weighted by molar-refractivity contribution is 5.90. The number of unbranched alkanes of at least 4 members (excludes halogenated alkanes) is 1. The molecule has 0 unspecified atom stereocenters. The molecule has 1 aromatic carbocycles. The zero-order valence-electron chi connectivity index (χ0n) is 33.3. The molecule has 1 aromatic heterocycles. The molecule has 0 spiro atoms. The second-order valence-corrected chi connectivity index (χ2v) is 15.7. The molecule has 0 saturated heterocycles. The van der Waals surface area contributed by atoms with Crippen molar-refractivity contribution >= 4 is 23.8 Å². The Bertz CT molecular complexity index is 1380. The van der Waals surface area contributed by atoms with Crippen molar-refractivity contribution < 1.29 is 29.0 Å². The van der Waals surface area contributed by atoms with Gasteiger partial charge in [0.25, 0.3) is 5.91 Å². The predicted octanol–water partition coefficient (Wildman–Crippen LogP) is 5.75. The molecule has 3 rings (SSSR count). The molecule has 4 amide bonds. The lowest BCUT2D eigenvalue weighted by molar-refractivity contribution is -0.146. The second-order valence-electron chi connectivity index (χ2n) is 15.7. The molecular weight excluding hydrogens is 672 g/mol. The molecule has 3 N–H and O–H groups in total. The van der Waals surface area contributed by atoms with Crippen LogP contribution in [0.15, 0.2) is 42.9 Å². The van der Waals surface area contributed by atoms with Crippen molar-refractivity contribution in [1.82, 2.24) is 30.0 Å². The second kappa shape index (κ2) is 22.3. The molecule has 1 aliphatic carbocycles. The summed E-state index contributed by atoms with van der Waals surface area (Å²) in [6, 6.07) is 8.01. The predicted molar refractivity (Wildman–Crippen MR) is 207 cm³/mol. The summed E-state index contributed by atoms with van der Waals surface area (Å²) < 4.78 is 5.91. The van der Waals surface area contributed by atoms with Crippen LogP contribution in [0.1, 0.15) is 110 Å². The van der Waals surface area contributed by atoms with Crippen molar-refractivity contribution in [3.63, 3.8) is 0 Å². The first kappa shape index (κ1) is 43.5. The quantitative estimate of drug-likeness (QED) is 0.138. The average Bonchev–Trinajstić information content (AvgIpc) is 3.67. The Hall–Kier alpha value is -3.93. The van der Waals surface area contributed by atoms with Gasteiger partial charge in [0.15, 0.2) is 6.10 Å². The number of amides is 4. The van der Waals surface area contributed by atoms with Crippen LogP contribution < -0.4 is 5.32 Å². The molecule has 0 aliphatic heterocycles. The van der Waals surface area contributed by atoms with Gasteiger partial charge in [-0.25, -0.2) is 9.78 Å². The SMILES string of the molecule is CC(C)CC[C@H](O)[C@H](CC1CCCCC1)NC(=O)[C@H](Cc1c[nH]cn1)N(C)C(=O)[C@H](Cc1ccccc1)OC(=O)N(C)CCCCC(=O)N(C)C(C)C. The number of aromatic nitrogens is 2. The van der Waals surface area contributed by atoms with Gasteiger partial charge in [-0.1, -0.05) is 76.3 Å². The van der Waals surface area contributed by atoms with Gasteiger partial charge >= 0.3 is 6.09 Å². The smallest absolute Gasteiger partial charge is 0.410 e. The largest absolute Gasteiger partial charge is 0.436 e. The molecule has 296 valence electrons. The zero-order chi connectivity index (χ0) is 38.9. The Morgan fingerprint density at radius 3 is 2.26 bits per heavy atom. The first-order valence-electron chi connectivity index (χ1n) is 19.7. The summed E-state index contributed by atoms with van der Waals surface area (Å²) >= 11 is 0. The van der Waals surface area contributed by atoms with Crippen LogP contribution in [-0.4, -0.2) is 112 Å². The number of imidazole rings is 1. The fourth-order valence-corrected chi connectivity index (χ4v) is 6.87. The monoisotopic (exact) mass is 739 g/mol. The highest BCUT2D eigenvalue weighted by Crippen LogP contribution is 2.29. The maximum atomic E-state index is 14.4. The first-order valence-corrected chi connectivity index (χ1v) is 19.7. The maximum absolute atomic E-state index is 14.4. The third-order valence-electron chi connectivity index (χ3n) is 10.6. The van der Waals surface area contributed by atoms with Gasteiger partial charge < -0.3 is 34.8 Å². The number of hydrogen-bond donors (Lipinski definition) is 3. The van der Waals surface area contributed by atoms with Crippen molar-refractivity contribution in [1.29, 1.82) is 0 Å². The minimum Gasteiger partial charge on any atom is -0.436 e. The first-order chi connectivity index (χ1) is 25.3. The van der Waals surface area contributed by atoms with Crippen LogP contribution in [0.3, 0.4) is 0 Å². The molecule has 4 atom stereocenters. The fraction of sp³-hybridized carbons (Fsp3) is 0.683. The normalized spacial score (nSPS) is 15.7. The lowest BCUT2D eigenvalue weighted by Gasteiger charge is -2.34. The van der Waals surface area contributed by atoms with E-state index in [0.29, 0.717) is 56.2 Å². The highest BCUT2D eigenvalue weighted by Gasteiger charge is 2.36. The molecular formula is C41H66N6O6. The summed E-state index contributed by atoms with van der Waals surface area (Å²) in [6.07, 6.45) is 10.2. The van der Waals surface area contributed by atoms with Gasteiger partial charge in [0, 0.05) is 59.2 Å². The molecule has 53 heavy (non-hydrogen) atoms. The van der Waals surface area contributed by atoms with E-state index in [-0.39, 0.29) is 30.7 Å². The number of carbonyl (C=O) groups excluding carboxylic acids is 4. The number of aliphatic hydroxyl groups excluding tert-OH is 1. The van der Waals surface area contributed by atoms with Crippen molar-refractivity contribution in [3.05, 3.63) is 54.1 Å². The Kier molecular flexibility index (Phi) is 18.3. The van der Waals surface area contributed by atoms with E-state index in [0.717, 1.165) is 37.7 Å². The molecule has 1 aliphatic rings. The number of nitrogens with zero attached hydrogens (tertiary/aromatic N) is 4. The van der Waals surface area contributed by atoms with E-state index in [4.69, 9.17) is 4.74 Å². The Morgan fingerprint density at radius 1 is 0.943 bits per heavy atom. The van der Waals surface area contributed by atoms with Crippen LogP contribution in [0, 0.1) is 11.8 Å². The fourth-order valence-electron chi connectivity index (χ4n) is 6.87. The van der Waals surface area contributed by atoms with Crippen molar-refractivity contribution in [2.45, 2.75) is 141 Å².